The number of hydrogen-bond acceptors (Lipinski definition) is 11. The second kappa shape index (κ2) is 27.4. The van der Waals surface area contributed by atoms with Crippen LogP contribution in [0.1, 0.15) is 145 Å². The van der Waals surface area contributed by atoms with Gasteiger partial charge in [0.1, 0.15) is 36.5 Å². The Labute approximate surface area is 346 Å². The van der Waals surface area contributed by atoms with Crippen LogP contribution in [-0.2, 0) is 20.8 Å². The Hall–Kier alpha value is -3.44. The van der Waals surface area contributed by atoms with Gasteiger partial charge in [-0.05, 0) is 44.6 Å². The molecule has 1 saturated carbocycles. The molecule has 1 fully saturated rings. The first-order chi connectivity index (χ1) is 28.3. The fourth-order valence-corrected chi connectivity index (χ4v) is 7.22. The summed E-state index contributed by atoms with van der Waals surface area (Å²) >= 11 is 0. The van der Waals surface area contributed by atoms with Crippen molar-refractivity contribution in [1.82, 2.24) is 9.88 Å². The topological polar surface area (TPSA) is 188 Å². The van der Waals surface area contributed by atoms with E-state index in [1.807, 2.05) is 0 Å². The van der Waals surface area contributed by atoms with E-state index in [-0.39, 0.29) is 54.6 Å². The standard InChI is InChI=1S/C44H67F3N4O8/c1-3-4-5-6-7-8-9-10-11-12-13-14-39(53)57-29-31-15-17-32(18-16-31)44(56)59-42-40(30(2)52)51(28-38(49)58-36-20-19-35(48)26-36)27-37(41(42)54)43(55)50-24-22-34(47)25-33(46)21-23-45/h15,17-18,21,25,27,31,35-36,38-39,43,50,53,55H,3-14,16,19-20,22-24,26,28-29,48-49H2,1-2H3/b33-21+,34-25+/t31?,35?,36-,38?,39?,43?/m1/s1. The van der Waals surface area contributed by atoms with Gasteiger partial charge in [-0.15, -0.1) is 0 Å². The van der Waals surface area contributed by atoms with Crippen LogP contribution in [0.5, 0.6) is 5.75 Å². The zero-order chi connectivity index (χ0) is 43.2. The number of alkyl halides is 1. The van der Waals surface area contributed by atoms with E-state index in [1.54, 1.807) is 12.2 Å². The summed E-state index contributed by atoms with van der Waals surface area (Å²) < 4.78 is 58.5. The summed E-state index contributed by atoms with van der Waals surface area (Å²) in [5.41, 5.74) is 10.8. The van der Waals surface area contributed by atoms with Crippen molar-refractivity contribution >= 4 is 11.8 Å². The Kier molecular flexibility index (Phi) is 23.2. The van der Waals surface area contributed by atoms with Crippen LogP contribution in [0.15, 0.2) is 58.6 Å². The first-order valence-corrected chi connectivity index (χ1v) is 21.4. The normalized spacial score (nSPS) is 20.1. The lowest BCUT2D eigenvalue weighted by Crippen LogP contribution is -2.37. The van der Waals surface area contributed by atoms with Crippen molar-refractivity contribution in [3.63, 3.8) is 0 Å². The Balaban J connectivity index is 1.64. The predicted octanol–water partition coefficient (Wildman–Crippen LogP) is 7.32. The van der Waals surface area contributed by atoms with Gasteiger partial charge in [0.2, 0.25) is 11.2 Å². The quantitative estimate of drug-likeness (QED) is 0.0179. The average molecular weight is 837 g/mol. The summed E-state index contributed by atoms with van der Waals surface area (Å²) in [7, 11) is 0. The number of allylic oxidation sites excluding steroid dienone is 4. The zero-order valence-corrected chi connectivity index (χ0v) is 34.9. The van der Waals surface area contributed by atoms with Gasteiger partial charge in [-0.1, -0.05) is 89.4 Å². The highest BCUT2D eigenvalue weighted by atomic mass is 19.1. The number of ketones is 1. The minimum atomic E-state index is -1.75. The van der Waals surface area contributed by atoms with Gasteiger partial charge < -0.3 is 40.5 Å². The highest BCUT2D eigenvalue weighted by molar-refractivity contribution is 5.98. The number of aliphatic hydroxyl groups is 2. The molecule has 5 unspecified atom stereocenters. The number of pyridine rings is 1. The summed E-state index contributed by atoms with van der Waals surface area (Å²) in [6, 6.07) is -0.0382. The molecule has 0 amide bonds. The first kappa shape index (κ1) is 49.9. The summed E-state index contributed by atoms with van der Waals surface area (Å²) in [5.74, 6) is -4.39. The average Bonchev–Trinajstić information content (AvgIpc) is 3.60. The number of hydrogen-bond donors (Lipinski definition) is 5. The van der Waals surface area contributed by atoms with Crippen LogP contribution < -0.4 is 26.9 Å². The molecule has 59 heavy (non-hydrogen) atoms. The molecular weight excluding hydrogens is 769 g/mol. The number of aliphatic hydroxyl groups excluding tert-OH is 2. The number of nitrogens with one attached hydrogen (secondary N) is 1. The largest absolute Gasteiger partial charge is 0.416 e. The number of rotatable bonds is 29. The molecule has 0 bridgehead atoms. The number of nitrogens with zero attached hydrogens (tertiary/aromatic N) is 1. The molecular formula is C44H67F3N4O8. The highest BCUT2D eigenvalue weighted by Gasteiger charge is 2.29. The van der Waals surface area contributed by atoms with E-state index in [0.29, 0.717) is 37.8 Å². The van der Waals surface area contributed by atoms with E-state index in [1.165, 1.54) is 75.1 Å². The molecule has 0 spiro atoms. The smallest absolute Gasteiger partial charge is 0.343 e. The molecule has 0 aliphatic heterocycles. The Morgan fingerprint density at radius 2 is 1.73 bits per heavy atom. The second-order valence-corrected chi connectivity index (χ2v) is 15.6. The maximum absolute atomic E-state index is 14.2. The number of nitrogens with two attached hydrogens (primary N) is 2. The fourth-order valence-electron chi connectivity index (χ4n) is 7.22. The zero-order valence-electron chi connectivity index (χ0n) is 34.9. The van der Waals surface area contributed by atoms with E-state index >= 15 is 0 Å². The molecule has 0 saturated heterocycles. The number of carbonyl (C=O) groups excluding carboxylic acids is 2. The molecule has 7 N–H and O–H groups in total. The molecule has 332 valence electrons. The summed E-state index contributed by atoms with van der Waals surface area (Å²) in [4.78, 5) is 40.4. The van der Waals surface area contributed by atoms with Crippen molar-refractivity contribution < 1.29 is 47.2 Å². The third-order valence-electron chi connectivity index (χ3n) is 10.5. The first-order valence-electron chi connectivity index (χ1n) is 21.4. The van der Waals surface area contributed by atoms with Gasteiger partial charge in [-0.2, -0.15) is 0 Å². The van der Waals surface area contributed by atoms with Crippen molar-refractivity contribution in [3.8, 4) is 5.75 Å². The number of Topliss-reactive ketones (excluding diaryl/α,β-unsaturated/α-hetero) is 1. The number of esters is 1. The molecule has 1 heterocycles. The van der Waals surface area contributed by atoms with Gasteiger partial charge in [0.25, 0.3) is 0 Å². The van der Waals surface area contributed by atoms with Crippen molar-refractivity contribution in [3.05, 3.63) is 75.3 Å². The van der Waals surface area contributed by atoms with Gasteiger partial charge in [0.15, 0.2) is 12.1 Å². The van der Waals surface area contributed by atoms with Crippen LogP contribution in [0, 0.1) is 5.92 Å². The lowest BCUT2D eigenvalue weighted by molar-refractivity contribution is -0.130. The minimum absolute atomic E-state index is 0.0382. The van der Waals surface area contributed by atoms with Crippen LogP contribution in [-0.4, -0.2) is 71.0 Å². The molecule has 6 atom stereocenters. The molecule has 12 nitrogen and oxygen atoms in total. The second-order valence-electron chi connectivity index (χ2n) is 15.6. The van der Waals surface area contributed by atoms with Crippen LogP contribution in [0.3, 0.4) is 0 Å². The van der Waals surface area contributed by atoms with Crippen LogP contribution >= 0.6 is 0 Å². The minimum Gasteiger partial charge on any atom is -0.416 e. The van der Waals surface area contributed by atoms with Crippen molar-refractivity contribution in [2.24, 2.45) is 17.4 Å². The molecule has 0 aromatic carbocycles. The van der Waals surface area contributed by atoms with Gasteiger partial charge in [0, 0.05) is 44.1 Å². The molecule has 2 aliphatic rings. The third kappa shape index (κ3) is 18.4. The number of halogens is 3. The summed E-state index contributed by atoms with van der Waals surface area (Å²) in [5, 5.41) is 24.0. The fraction of sp³-hybridized carbons (Fsp3) is 0.659. The highest BCUT2D eigenvalue weighted by Crippen LogP contribution is 2.25. The number of carbonyl (C=O) groups is 2. The van der Waals surface area contributed by atoms with E-state index in [0.717, 1.165) is 25.7 Å². The summed E-state index contributed by atoms with van der Waals surface area (Å²) in [6.45, 7) is 2.07. The van der Waals surface area contributed by atoms with Gasteiger partial charge in [-0.3, -0.25) is 14.9 Å². The van der Waals surface area contributed by atoms with E-state index in [9.17, 15) is 37.8 Å². The Morgan fingerprint density at radius 3 is 2.32 bits per heavy atom. The van der Waals surface area contributed by atoms with Crippen molar-refractivity contribution in [2.45, 2.75) is 160 Å². The molecule has 15 heteroatoms. The lowest BCUT2D eigenvalue weighted by atomic mass is 9.97. The van der Waals surface area contributed by atoms with Gasteiger partial charge in [0.05, 0.1) is 30.4 Å². The van der Waals surface area contributed by atoms with Crippen LogP contribution in [0.25, 0.3) is 0 Å². The molecule has 0 radical (unpaired) electrons. The molecule has 2 aliphatic carbocycles. The SMILES string of the molecule is CCCCCCCCCCCCCC(O)OCC1C=CC(C(=O)Oc2c(C(C)=O)n(CC(N)O[C@@H]3CCC(N)C3)cc(C(O)NCC/C(F)=C\C(F)=C/CF)c2=O)=CC1. The third-order valence-corrected chi connectivity index (χ3v) is 10.5. The van der Waals surface area contributed by atoms with Crippen LogP contribution in [0.4, 0.5) is 13.2 Å². The van der Waals surface area contributed by atoms with Gasteiger partial charge >= 0.3 is 5.97 Å². The number of aromatic nitrogens is 1. The van der Waals surface area contributed by atoms with Gasteiger partial charge in [-0.25, -0.2) is 18.0 Å². The maximum Gasteiger partial charge on any atom is 0.343 e. The summed E-state index contributed by atoms with van der Waals surface area (Å²) in [6.07, 6.45) is 19.1. The predicted molar refractivity (Wildman–Crippen MR) is 221 cm³/mol. The van der Waals surface area contributed by atoms with E-state index < -0.39 is 66.4 Å². The molecule has 1 aromatic rings. The number of unbranched alkanes of at least 4 members (excludes halogenated alkanes) is 10. The maximum atomic E-state index is 14.2. The molecule has 3 rings (SSSR count). The number of ether oxygens (including phenoxy) is 3. The Bertz CT molecular complexity index is 1650. The lowest BCUT2D eigenvalue weighted by Gasteiger charge is -2.24. The van der Waals surface area contributed by atoms with Crippen molar-refractivity contribution in [1.29, 1.82) is 0 Å². The molecule has 1 aromatic heterocycles. The van der Waals surface area contributed by atoms with Crippen molar-refractivity contribution in [2.75, 3.05) is 19.8 Å². The van der Waals surface area contributed by atoms with E-state index in [4.69, 9.17) is 25.7 Å². The van der Waals surface area contributed by atoms with E-state index in [2.05, 4.69) is 12.2 Å². The Morgan fingerprint density at radius 1 is 1.05 bits per heavy atom. The monoisotopic (exact) mass is 836 g/mol. The van der Waals surface area contributed by atoms with Crippen LogP contribution in [0.2, 0.25) is 0 Å².